The van der Waals surface area contributed by atoms with E-state index in [9.17, 15) is 13.2 Å². The molecule has 4 rings (SSSR count). The molecule has 142 valence electrons. The number of halogens is 3. The SMILES string of the molecule is Cc1cccn2cc(C[NH+]3CCN(c4cccc(C(F)(F)F)c4)CC3)nc12. The van der Waals surface area contributed by atoms with Crippen molar-refractivity contribution in [1.29, 1.82) is 0 Å². The highest BCUT2D eigenvalue weighted by Crippen LogP contribution is 2.31. The summed E-state index contributed by atoms with van der Waals surface area (Å²) in [5.41, 5.74) is 3.23. The minimum absolute atomic E-state index is 0.588. The van der Waals surface area contributed by atoms with Crippen LogP contribution in [0.5, 0.6) is 0 Å². The Morgan fingerprint density at radius 1 is 1.11 bits per heavy atom. The van der Waals surface area contributed by atoms with Crippen LogP contribution in [0.2, 0.25) is 0 Å². The van der Waals surface area contributed by atoms with Gasteiger partial charge in [0.2, 0.25) is 0 Å². The number of hydrogen-bond acceptors (Lipinski definition) is 2. The molecule has 2 aromatic heterocycles. The fourth-order valence-electron chi connectivity index (χ4n) is 3.68. The predicted octanol–water partition coefficient (Wildman–Crippen LogP) is 2.57. The molecule has 0 radical (unpaired) electrons. The fraction of sp³-hybridized carbons (Fsp3) is 0.350. The van der Waals surface area contributed by atoms with Crippen molar-refractivity contribution in [2.75, 3.05) is 31.1 Å². The zero-order valence-corrected chi connectivity index (χ0v) is 15.1. The van der Waals surface area contributed by atoms with Gasteiger partial charge in [0, 0.05) is 18.1 Å². The molecule has 3 heterocycles. The van der Waals surface area contributed by atoms with Crippen molar-refractivity contribution in [3.63, 3.8) is 0 Å². The molecule has 3 aromatic rings. The molecule has 1 aliphatic heterocycles. The summed E-state index contributed by atoms with van der Waals surface area (Å²) in [5.74, 6) is 0. The lowest BCUT2D eigenvalue weighted by Gasteiger charge is -2.33. The second-order valence-corrected chi connectivity index (χ2v) is 7.12. The topological polar surface area (TPSA) is 25.0 Å². The lowest BCUT2D eigenvalue weighted by molar-refractivity contribution is -0.914. The van der Waals surface area contributed by atoms with E-state index in [0.29, 0.717) is 5.69 Å². The van der Waals surface area contributed by atoms with Crippen LogP contribution in [-0.2, 0) is 12.7 Å². The second kappa shape index (κ2) is 6.88. The summed E-state index contributed by atoms with van der Waals surface area (Å²) in [6, 6.07) is 9.66. The summed E-state index contributed by atoms with van der Waals surface area (Å²) in [4.78, 5) is 8.16. The number of benzene rings is 1. The molecule has 0 saturated carbocycles. The van der Waals surface area contributed by atoms with Gasteiger partial charge in [-0.05, 0) is 36.8 Å². The molecule has 1 aliphatic rings. The maximum Gasteiger partial charge on any atom is 0.416 e. The monoisotopic (exact) mass is 375 g/mol. The number of pyridine rings is 1. The first-order chi connectivity index (χ1) is 12.9. The van der Waals surface area contributed by atoms with E-state index in [0.717, 1.165) is 55.7 Å². The highest BCUT2D eigenvalue weighted by molar-refractivity contribution is 5.49. The van der Waals surface area contributed by atoms with E-state index in [4.69, 9.17) is 4.98 Å². The van der Waals surface area contributed by atoms with Gasteiger partial charge in [-0.1, -0.05) is 12.1 Å². The molecule has 0 unspecified atom stereocenters. The van der Waals surface area contributed by atoms with Crippen molar-refractivity contribution in [2.24, 2.45) is 0 Å². The minimum Gasteiger partial charge on any atom is -0.360 e. The molecular formula is C20H22F3N4+. The van der Waals surface area contributed by atoms with Gasteiger partial charge in [0.05, 0.1) is 31.7 Å². The third kappa shape index (κ3) is 3.78. The highest BCUT2D eigenvalue weighted by Gasteiger charge is 2.31. The lowest BCUT2D eigenvalue weighted by atomic mass is 10.1. The first kappa shape index (κ1) is 17.9. The third-order valence-corrected chi connectivity index (χ3v) is 5.17. The van der Waals surface area contributed by atoms with Gasteiger partial charge in [0.25, 0.3) is 0 Å². The zero-order valence-electron chi connectivity index (χ0n) is 15.1. The molecule has 1 aromatic carbocycles. The van der Waals surface area contributed by atoms with Crippen molar-refractivity contribution >= 4 is 11.3 Å². The largest absolute Gasteiger partial charge is 0.416 e. The summed E-state index contributed by atoms with van der Waals surface area (Å²) in [6.07, 6.45) is -0.238. The number of anilines is 1. The van der Waals surface area contributed by atoms with Crippen molar-refractivity contribution in [1.82, 2.24) is 9.38 Å². The molecule has 0 spiro atoms. The number of nitrogens with one attached hydrogen (secondary N) is 1. The van der Waals surface area contributed by atoms with E-state index in [1.807, 2.05) is 34.6 Å². The molecule has 1 fully saturated rings. The summed E-state index contributed by atoms with van der Waals surface area (Å²) in [6.45, 7) is 6.11. The maximum absolute atomic E-state index is 12.9. The first-order valence-electron chi connectivity index (χ1n) is 9.09. The van der Waals surface area contributed by atoms with Crippen LogP contribution < -0.4 is 9.80 Å². The number of fused-ring (bicyclic) bond motifs is 1. The fourth-order valence-corrected chi connectivity index (χ4v) is 3.68. The molecule has 1 N–H and O–H groups in total. The summed E-state index contributed by atoms with van der Waals surface area (Å²) < 4.78 is 40.8. The second-order valence-electron chi connectivity index (χ2n) is 7.12. The number of hydrogen-bond donors (Lipinski definition) is 1. The molecular weight excluding hydrogens is 353 g/mol. The van der Waals surface area contributed by atoms with Gasteiger partial charge in [-0.3, -0.25) is 0 Å². The maximum atomic E-state index is 12.9. The summed E-state index contributed by atoms with van der Waals surface area (Å²) >= 11 is 0. The Balaban J connectivity index is 1.41. The average Bonchev–Trinajstić information content (AvgIpc) is 3.06. The molecule has 0 amide bonds. The van der Waals surface area contributed by atoms with Crippen LogP contribution in [0, 0.1) is 6.92 Å². The van der Waals surface area contributed by atoms with Crippen LogP contribution in [0.3, 0.4) is 0 Å². The van der Waals surface area contributed by atoms with Crippen LogP contribution in [0.25, 0.3) is 5.65 Å². The van der Waals surface area contributed by atoms with Gasteiger partial charge >= 0.3 is 6.18 Å². The molecule has 0 bridgehead atoms. The van der Waals surface area contributed by atoms with Gasteiger partial charge in [0.1, 0.15) is 17.9 Å². The number of alkyl halides is 3. The van der Waals surface area contributed by atoms with Crippen LogP contribution in [-0.4, -0.2) is 35.6 Å². The summed E-state index contributed by atoms with van der Waals surface area (Å²) in [5, 5.41) is 0. The third-order valence-electron chi connectivity index (χ3n) is 5.17. The molecule has 7 heteroatoms. The average molecular weight is 375 g/mol. The van der Waals surface area contributed by atoms with E-state index < -0.39 is 11.7 Å². The standard InChI is InChI=1S/C20H21F3N4/c1-15-4-3-7-27-14-17(24-19(15)27)13-25-8-10-26(11-9-25)18-6-2-5-16(12-18)20(21,22)23/h2-7,12,14H,8-11,13H2,1H3/p+1. The van der Waals surface area contributed by atoms with Crippen LogP contribution in [0.15, 0.2) is 48.8 Å². The van der Waals surface area contributed by atoms with Gasteiger partial charge < -0.3 is 14.2 Å². The van der Waals surface area contributed by atoms with Crippen LogP contribution in [0.4, 0.5) is 18.9 Å². The Morgan fingerprint density at radius 2 is 1.89 bits per heavy atom. The number of quaternary nitrogens is 1. The quantitative estimate of drug-likeness (QED) is 0.761. The lowest BCUT2D eigenvalue weighted by Crippen LogP contribution is -3.13. The number of imidazole rings is 1. The Hall–Kier alpha value is -2.54. The van der Waals surface area contributed by atoms with E-state index in [1.165, 1.54) is 17.0 Å². The van der Waals surface area contributed by atoms with Crippen molar-refractivity contribution < 1.29 is 18.1 Å². The molecule has 4 nitrogen and oxygen atoms in total. The van der Waals surface area contributed by atoms with Crippen LogP contribution >= 0.6 is 0 Å². The number of nitrogens with zero attached hydrogens (tertiary/aromatic N) is 3. The highest BCUT2D eigenvalue weighted by atomic mass is 19.4. The molecule has 1 saturated heterocycles. The van der Waals surface area contributed by atoms with E-state index in [2.05, 4.69) is 6.20 Å². The Morgan fingerprint density at radius 3 is 2.59 bits per heavy atom. The normalized spacial score (nSPS) is 16.2. The van der Waals surface area contributed by atoms with E-state index >= 15 is 0 Å². The zero-order chi connectivity index (χ0) is 19.0. The van der Waals surface area contributed by atoms with Gasteiger partial charge in [-0.25, -0.2) is 4.98 Å². The van der Waals surface area contributed by atoms with E-state index in [-0.39, 0.29) is 0 Å². The van der Waals surface area contributed by atoms with Crippen molar-refractivity contribution in [3.05, 3.63) is 65.6 Å². The molecule has 0 atom stereocenters. The molecule has 27 heavy (non-hydrogen) atoms. The van der Waals surface area contributed by atoms with Crippen molar-refractivity contribution in [2.45, 2.75) is 19.6 Å². The first-order valence-corrected chi connectivity index (χ1v) is 9.09. The number of aromatic nitrogens is 2. The predicted molar refractivity (Wildman–Crippen MR) is 98.0 cm³/mol. The van der Waals surface area contributed by atoms with Crippen LogP contribution in [0.1, 0.15) is 16.8 Å². The van der Waals surface area contributed by atoms with E-state index in [1.54, 1.807) is 6.07 Å². The van der Waals surface area contributed by atoms with Gasteiger partial charge in [0.15, 0.2) is 0 Å². The number of aryl methyl sites for hydroxylation is 1. The van der Waals surface area contributed by atoms with Crippen molar-refractivity contribution in [3.8, 4) is 0 Å². The smallest absolute Gasteiger partial charge is 0.360 e. The summed E-state index contributed by atoms with van der Waals surface area (Å²) in [7, 11) is 0. The Labute approximate surface area is 155 Å². The molecule has 0 aliphatic carbocycles. The van der Waals surface area contributed by atoms with Gasteiger partial charge in [-0.2, -0.15) is 13.2 Å². The number of rotatable bonds is 3. The Bertz CT molecular complexity index is 940. The Kier molecular flexibility index (Phi) is 4.55. The minimum atomic E-state index is -4.30. The van der Waals surface area contributed by atoms with Gasteiger partial charge in [-0.15, -0.1) is 0 Å². The number of piperazine rings is 1.